The molecule has 1 spiro atoms. The topological polar surface area (TPSA) is 68.0 Å². The van der Waals surface area contributed by atoms with E-state index in [2.05, 4.69) is 9.88 Å². The number of hydrogen-bond donors (Lipinski definition) is 0. The van der Waals surface area contributed by atoms with Crippen molar-refractivity contribution in [2.24, 2.45) is 5.92 Å². The fourth-order valence-electron chi connectivity index (χ4n) is 5.23. The zero-order chi connectivity index (χ0) is 19.1. The third-order valence-corrected chi connectivity index (χ3v) is 7.25. The van der Waals surface area contributed by atoms with Gasteiger partial charge >= 0.3 is 0 Å². The van der Waals surface area contributed by atoms with Crippen LogP contribution in [0.1, 0.15) is 54.8 Å². The Kier molecular flexibility index (Phi) is 4.93. The highest BCUT2D eigenvalue weighted by Gasteiger charge is 2.57. The van der Waals surface area contributed by atoms with Gasteiger partial charge in [0, 0.05) is 45.5 Å². The Morgan fingerprint density at radius 3 is 2.64 bits per heavy atom. The van der Waals surface area contributed by atoms with Crippen LogP contribution in [0.2, 0.25) is 0 Å². The van der Waals surface area contributed by atoms with Crippen LogP contribution >= 0.6 is 0 Å². The Balaban J connectivity index is 1.20. The number of aromatic nitrogens is 1. The standard InChI is InChI=1S/C21H31N3O4/c1-15-19(28-14-22-15)20(25)23-8-4-17(5-9-23)24-12-18(27-13-16-2-3-16)21(24)6-10-26-11-7-21/h14,16-18H,2-13H2,1H3. The van der Waals surface area contributed by atoms with E-state index in [4.69, 9.17) is 13.9 Å². The van der Waals surface area contributed by atoms with E-state index < -0.39 is 0 Å². The van der Waals surface area contributed by atoms with E-state index in [9.17, 15) is 4.79 Å². The van der Waals surface area contributed by atoms with Crippen molar-refractivity contribution in [3.8, 4) is 0 Å². The molecule has 1 unspecified atom stereocenters. The first-order chi connectivity index (χ1) is 13.7. The molecule has 7 nitrogen and oxygen atoms in total. The summed E-state index contributed by atoms with van der Waals surface area (Å²) in [6.45, 7) is 7.02. The first-order valence-electron chi connectivity index (χ1n) is 10.8. The molecule has 3 saturated heterocycles. The number of aryl methyl sites for hydroxylation is 1. The second kappa shape index (κ2) is 7.43. The summed E-state index contributed by atoms with van der Waals surface area (Å²) in [5.74, 6) is 1.17. The molecular formula is C21H31N3O4. The summed E-state index contributed by atoms with van der Waals surface area (Å²) in [4.78, 5) is 21.3. The van der Waals surface area contributed by atoms with Gasteiger partial charge in [-0.1, -0.05) is 0 Å². The highest BCUT2D eigenvalue weighted by Crippen LogP contribution is 2.45. The predicted octanol–water partition coefficient (Wildman–Crippen LogP) is 2.25. The number of amides is 1. The van der Waals surface area contributed by atoms with Crippen LogP contribution in [0.4, 0.5) is 0 Å². The van der Waals surface area contributed by atoms with Gasteiger partial charge in [-0.05, 0) is 51.4 Å². The van der Waals surface area contributed by atoms with Gasteiger partial charge < -0.3 is 18.8 Å². The molecule has 3 aliphatic heterocycles. The SMILES string of the molecule is Cc1ncoc1C(=O)N1CCC(N2CC(OCC3CC3)C23CCOCC3)CC1. The second-order valence-corrected chi connectivity index (χ2v) is 8.92. The van der Waals surface area contributed by atoms with Crippen molar-refractivity contribution in [1.29, 1.82) is 0 Å². The van der Waals surface area contributed by atoms with Gasteiger partial charge in [-0.2, -0.15) is 0 Å². The van der Waals surface area contributed by atoms with Gasteiger partial charge in [0.25, 0.3) is 5.91 Å². The minimum atomic E-state index is -0.0246. The number of likely N-dealkylation sites (tertiary alicyclic amines) is 2. The molecule has 0 radical (unpaired) electrons. The summed E-state index contributed by atoms with van der Waals surface area (Å²) in [6.07, 6.45) is 8.54. The normalized spacial score (nSPS) is 28.5. The fourth-order valence-corrected chi connectivity index (χ4v) is 5.23. The van der Waals surface area contributed by atoms with E-state index in [0.717, 1.165) is 71.1 Å². The third kappa shape index (κ3) is 3.27. The summed E-state index contributed by atoms with van der Waals surface area (Å²) in [7, 11) is 0. The maximum atomic E-state index is 12.7. The lowest BCUT2D eigenvalue weighted by atomic mass is 9.73. The van der Waals surface area contributed by atoms with Crippen molar-refractivity contribution in [1.82, 2.24) is 14.8 Å². The van der Waals surface area contributed by atoms with Crippen molar-refractivity contribution in [2.45, 2.75) is 63.1 Å². The van der Waals surface area contributed by atoms with Crippen LogP contribution in [0.3, 0.4) is 0 Å². The van der Waals surface area contributed by atoms with E-state index in [-0.39, 0.29) is 11.4 Å². The van der Waals surface area contributed by atoms with Gasteiger partial charge in [0.15, 0.2) is 6.39 Å². The average molecular weight is 389 g/mol. The van der Waals surface area contributed by atoms with Crippen molar-refractivity contribution >= 4 is 5.91 Å². The lowest BCUT2D eigenvalue weighted by Crippen LogP contribution is -2.76. The maximum Gasteiger partial charge on any atom is 0.291 e. The summed E-state index contributed by atoms with van der Waals surface area (Å²) in [6, 6.07) is 0.527. The van der Waals surface area contributed by atoms with Crippen LogP contribution in [0.15, 0.2) is 10.8 Å². The number of nitrogens with zero attached hydrogens (tertiary/aromatic N) is 3. The fraction of sp³-hybridized carbons (Fsp3) is 0.810. The monoisotopic (exact) mass is 389 g/mol. The summed E-state index contributed by atoms with van der Waals surface area (Å²) in [5, 5.41) is 0. The van der Waals surface area contributed by atoms with Crippen LogP contribution in [0.25, 0.3) is 0 Å². The number of oxazole rings is 1. The molecule has 1 atom stereocenters. The molecule has 1 aromatic heterocycles. The molecule has 154 valence electrons. The van der Waals surface area contributed by atoms with Crippen LogP contribution < -0.4 is 0 Å². The Hall–Kier alpha value is -1.44. The largest absolute Gasteiger partial charge is 0.438 e. The van der Waals surface area contributed by atoms with E-state index in [1.165, 1.54) is 19.2 Å². The third-order valence-electron chi connectivity index (χ3n) is 7.25. The van der Waals surface area contributed by atoms with Crippen molar-refractivity contribution in [3.05, 3.63) is 17.8 Å². The van der Waals surface area contributed by atoms with Gasteiger partial charge in [0.1, 0.15) is 0 Å². The molecule has 0 aromatic carbocycles. The highest BCUT2D eigenvalue weighted by atomic mass is 16.5. The Morgan fingerprint density at radius 1 is 1.25 bits per heavy atom. The van der Waals surface area contributed by atoms with Crippen molar-refractivity contribution < 1.29 is 18.7 Å². The first kappa shape index (κ1) is 18.6. The molecule has 5 rings (SSSR count). The Morgan fingerprint density at radius 2 is 2.00 bits per heavy atom. The zero-order valence-electron chi connectivity index (χ0n) is 16.8. The number of hydrogen-bond acceptors (Lipinski definition) is 6. The van der Waals surface area contributed by atoms with Crippen LogP contribution in [-0.2, 0) is 9.47 Å². The molecule has 0 N–H and O–H groups in total. The molecule has 4 heterocycles. The molecular weight excluding hydrogens is 358 g/mol. The van der Waals surface area contributed by atoms with Gasteiger partial charge in [-0.25, -0.2) is 4.98 Å². The molecule has 1 amide bonds. The van der Waals surface area contributed by atoms with Gasteiger partial charge in [0.2, 0.25) is 5.76 Å². The molecule has 28 heavy (non-hydrogen) atoms. The molecule has 1 aromatic rings. The lowest BCUT2D eigenvalue weighted by molar-refractivity contribution is -0.217. The zero-order valence-corrected chi connectivity index (χ0v) is 16.8. The van der Waals surface area contributed by atoms with Crippen LogP contribution in [0.5, 0.6) is 0 Å². The average Bonchev–Trinajstić information content (AvgIpc) is 3.46. The maximum absolute atomic E-state index is 12.7. The number of carbonyl (C=O) groups is 1. The number of carbonyl (C=O) groups excluding carboxylic acids is 1. The summed E-state index contributed by atoms with van der Waals surface area (Å²) in [5.41, 5.74) is 0.831. The van der Waals surface area contributed by atoms with Crippen LogP contribution in [-0.4, -0.2) is 77.8 Å². The second-order valence-electron chi connectivity index (χ2n) is 8.92. The predicted molar refractivity (Wildman–Crippen MR) is 102 cm³/mol. The Labute approximate surface area is 166 Å². The van der Waals surface area contributed by atoms with Gasteiger partial charge in [0.05, 0.1) is 17.3 Å². The molecule has 4 fully saturated rings. The highest BCUT2D eigenvalue weighted by molar-refractivity contribution is 5.92. The van der Waals surface area contributed by atoms with Crippen molar-refractivity contribution in [2.75, 3.05) is 39.5 Å². The quantitative estimate of drug-likeness (QED) is 0.769. The number of piperidine rings is 1. The van der Waals surface area contributed by atoms with E-state index in [1.807, 2.05) is 11.8 Å². The smallest absolute Gasteiger partial charge is 0.291 e. The minimum Gasteiger partial charge on any atom is -0.438 e. The Bertz CT molecular complexity index is 702. The van der Waals surface area contributed by atoms with Gasteiger partial charge in [-0.15, -0.1) is 0 Å². The molecule has 1 saturated carbocycles. The molecule has 1 aliphatic carbocycles. The van der Waals surface area contributed by atoms with E-state index >= 15 is 0 Å². The number of ether oxygens (including phenoxy) is 2. The molecule has 4 aliphatic rings. The molecule has 0 bridgehead atoms. The molecule has 7 heteroatoms. The first-order valence-corrected chi connectivity index (χ1v) is 10.8. The minimum absolute atomic E-state index is 0.0246. The summed E-state index contributed by atoms with van der Waals surface area (Å²) < 4.78 is 17.3. The van der Waals surface area contributed by atoms with E-state index in [0.29, 0.717) is 23.6 Å². The van der Waals surface area contributed by atoms with E-state index in [1.54, 1.807) is 0 Å². The van der Waals surface area contributed by atoms with Crippen molar-refractivity contribution in [3.63, 3.8) is 0 Å². The number of rotatable bonds is 5. The summed E-state index contributed by atoms with van der Waals surface area (Å²) >= 11 is 0. The lowest BCUT2D eigenvalue weighted by Gasteiger charge is -2.63. The van der Waals surface area contributed by atoms with Gasteiger partial charge in [-0.3, -0.25) is 9.69 Å². The van der Waals surface area contributed by atoms with Crippen LogP contribution in [0, 0.1) is 12.8 Å².